The van der Waals surface area contributed by atoms with E-state index in [1.807, 2.05) is 6.07 Å². The summed E-state index contributed by atoms with van der Waals surface area (Å²) in [4.78, 5) is 11.5. The maximum Gasteiger partial charge on any atom is 0.314 e. The van der Waals surface area contributed by atoms with E-state index in [0.29, 0.717) is 22.0 Å². The number of carboxylic acid groups (broad SMARTS) is 1. The number of rotatable bonds is 2. The molecule has 1 aromatic heterocycles. The lowest BCUT2D eigenvalue weighted by atomic mass is 9.77. The zero-order valence-corrected chi connectivity index (χ0v) is 11.8. The molecule has 22 heavy (non-hydrogen) atoms. The standard InChI is InChI=1S/C16H13N3O3/c1-19-14-7-10(8-17)6-13(11(14)9-18-19)16(22)5-3-2-4-12(16)15(20)21/h2-7,9,12,22H,1H3,(H,20,21). The summed E-state index contributed by atoms with van der Waals surface area (Å²) >= 11 is 0. The number of aliphatic carboxylic acids is 1. The molecule has 0 saturated carbocycles. The van der Waals surface area contributed by atoms with E-state index < -0.39 is 17.5 Å². The molecular weight excluding hydrogens is 282 g/mol. The van der Waals surface area contributed by atoms with Gasteiger partial charge >= 0.3 is 5.97 Å². The van der Waals surface area contributed by atoms with Crippen molar-refractivity contribution in [3.05, 3.63) is 53.8 Å². The molecule has 2 atom stereocenters. The van der Waals surface area contributed by atoms with Gasteiger partial charge < -0.3 is 10.2 Å². The van der Waals surface area contributed by atoms with Crippen molar-refractivity contribution in [1.82, 2.24) is 9.78 Å². The molecule has 0 bridgehead atoms. The molecule has 2 aromatic rings. The topological polar surface area (TPSA) is 99.1 Å². The number of carboxylic acids is 1. The number of benzene rings is 1. The lowest BCUT2D eigenvalue weighted by molar-refractivity contribution is -0.146. The Balaban J connectivity index is 2.33. The Morgan fingerprint density at radius 1 is 1.45 bits per heavy atom. The normalized spacial score (nSPS) is 23.6. The number of aliphatic hydroxyl groups is 1. The van der Waals surface area contributed by atoms with Gasteiger partial charge in [0, 0.05) is 18.0 Å². The first-order valence-electron chi connectivity index (χ1n) is 6.65. The van der Waals surface area contributed by atoms with E-state index >= 15 is 0 Å². The Bertz CT molecular complexity index is 873. The van der Waals surface area contributed by atoms with Crippen molar-refractivity contribution in [2.45, 2.75) is 5.60 Å². The van der Waals surface area contributed by atoms with E-state index in [9.17, 15) is 20.3 Å². The van der Waals surface area contributed by atoms with E-state index in [4.69, 9.17) is 0 Å². The summed E-state index contributed by atoms with van der Waals surface area (Å²) < 4.78 is 1.58. The fourth-order valence-corrected chi connectivity index (χ4v) is 2.80. The van der Waals surface area contributed by atoms with Gasteiger partial charge in [-0.3, -0.25) is 9.48 Å². The molecule has 0 saturated heterocycles. The van der Waals surface area contributed by atoms with Crippen molar-refractivity contribution >= 4 is 16.9 Å². The van der Waals surface area contributed by atoms with E-state index in [2.05, 4.69) is 5.10 Å². The monoisotopic (exact) mass is 295 g/mol. The van der Waals surface area contributed by atoms with Gasteiger partial charge in [-0.25, -0.2) is 0 Å². The minimum atomic E-state index is -1.73. The summed E-state index contributed by atoms with van der Waals surface area (Å²) in [6.07, 6.45) is 7.62. The Morgan fingerprint density at radius 3 is 2.91 bits per heavy atom. The predicted octanol–water partition coefficient (Wildman–Crippen LogP) is 1.46. The van der Waals surface area contributed by atoms with Gasteiger partial charge in [0.05, 0.1) is 23.3 Å². The summed E-state index contributed by atoms with van der Waals surface area (Å²) in [6, 6.07) is 5.21. The van der Waals surface area contributed by atoms with Crippen molar-refractivity contribution in [2.24, 2.45) is 13.0 Å². The highest BCUT2D eigenvalue weighted by molar-refractivity contribution is 5.87. The number of aryl methyl sites for hydroxylation is 1. The molecular formula is C16H13N3O3. The van der Waals surface area contributed by atoms with Crippen molar-refractivity contribution in [3.63, 3.8) is 0 Å². The third-order valence-electron chi connectivity index (χ3n) is 3.93. The summed E-state index contributed by atoms with van der Waals surface area (Å²) in [5, 5.41) is 34.4. The van der Waals surface area contributed by atoms with E-state index in [1.165, 1.54) is 18.2 Å². The highest BCUT2D eigenvalue weighted by atomic mass is 16.4. The van der Waals surface area contributed by atoms with Gasteiger partial charge in [0.1, 0.15) is 11.5 Å². The second-order valence-electron chi connectivity index (χ2n) is 5.22. The largest absolute Gasteiger partial charge is 0.481 e. The molecule has 0 amide bonds. The third-order valence-corrected chi connectivity index (χ3v) is 3.93. The number of nitriles is 1. The van der Waals surface area contributed by atoms with Crippen LogP contribution >= 0.6 is 0 Å². The molecule has 0 radical (unpaired) electrons. The molecule has 3 rings (SSSR count). The molecule has 0 spiro atoms. The van der Waals surface area contributed by atoms with Crippen LogP contribution in [0.25, 0.3) is 10.9 Å². The number of hydrogen-bond acceptors (Lipinski definition) is 4. The Kier molecular flexibility index (Phi) is 3.08. The van der Waals surface area contributed by atoms with Gasteiger partial charge in [0.25, 0.3) is 0 Å². The SMILES string of the molecule is Cn1ncc2c(C3(O)C=CC=CC3C(=O)O)cc(C#N)cc21. The molecule has 2 unspecified atom stereocenters. The number of allylic oxidation sites excluding steroid dienone is 2. The number of hydrogen-bond donors (Lipinski definition) is 2. The fourth-order valence-electron chi connectivity index (χ4n) is 2.80. The first-order chi connectivity index (χ1) is 10.5. The first-order valence-corrected chi connectivity index (χ1v) is 6.65. The van der Waals surface area contributed by atoms with Gasteiger partial charge in [0.15, 0.2) is 0 Å². The van der Waals surface area contributed by atoms with Crippen LogP contribution < -0.4 is 0 Å². The van der Waals surface area contributed by atoms with Crippen LogP contribution in [0.2, 0.25) is 0 Å². The smallest absolute Gasteiger partial charge is 0.314 e. The second-order valence-corrected chi connectivity index (χ2v) is 5.22. The molecule has 1 heterocycles. The van der Waals surface area contributed by atoms with Crippen molar-refractivity contribution < 1.29 is 15.0 Å². The summed E-state index contributed by atoms with van der Waals surface area (Å²) in [6.45, 7) is 0. The van der Waals surface area contributed by atoms with Crippen LogP contribution in [-0.2, 0) is 17.4 Å². The molecule has 1 aromatic carbocycles. The van der Waals surface area contributed by atoms with Crippen molar-refractivity contribution in [1.29, 1.82) is 5.26 Å². The van der Waals surface area contributed by atoms with Crippen LogP contribution in [0.5, 0.6) is 0 Å². The van der Waals surface area contributed by atoms with Crippen LogP contribution in [0.1, 0.15) is 11.1 Å². The number of fused-ring (bicyclic) bond motifs is 1. The lowest BCUT2D eigenvalue weighted by Crippen LogP contribution is -2.38. The summed E-state index contributed by atoms with van der Waals surface area (Å²) in [5.74, 6) is -2.27. The predicted molar refractivity (Wildman–Crippen MR) is 78.7 cm³/mol. The van der Waals surface area contributed by atoms with Crippen LogP contribution in [0, 0.1) is 17.2 Å². The number of nitrogens with zero attached hydrogens (tertiary/aromatic N) is 3. The maximum absolute atomic E-state index is 11.5. The highest BCUT2D eigenvalue weighted by Crippen LogP contribution is 2.39. The number of carbonyl (C=O) groups is 1. The zero-order chi connectivity index (χ0) is 15.9. The van der Waals surface area contributed by atoms with Gasteiger partial charge in [-0.2, -0.15) is 10.4 Å². The van der Waals surface area contributed by atoms with Gasteiger partial charge in [-0.1, -0.05) is 18.2 Å². The average molecular weight is 295 g/mol. The van der Waals surface area contributed by atoms with E-state index in [1.54, 1.807) is 36.1 Å². The van der Waals surface area contributed by atoms with Crippen LogP contribution in [-0.4, -0.2) is 26.0 Å². The molecule has 6 heteroatoms. The van der Waals surface area contributed by atoms with Gasteiger partial charge in [-0.05, 0) is 18.2 Å². The molecule has 110 valence electrons. The molecule has 0 fully saturated rings. The minimum absolute atomic E-state index is 0.339. The maximum atomic E-state index is 11.5. The summed E-state index contributed by atoms with van der Waals surface area (Å²) in [7, 11) is 1.72. The van der Waals surface area contributed by atoms with Crippen LogP contribution in [0.4, 0.5) is 0 Å². The third kappa shape index (κ3) is 1.91. The molecule has 0 aliphatic heterocycles. The minimum Gasteiger partial charge on any atom is -0.481 e. The van der Waals surface area contributed by atoms with Gasteiger partial charge in [-0.15, -0.1) is 0 Å². The number of aromatic nitrogens is 2. The first kappa shape index (κ1) is 14.0. The van der Waals surface area contributed by atoms with Crippen molar-refractivity contribution in [2.75, 3.05) is 0 Å². The van der Waals surface area contributed by atoms with Crippen LogP contribution in [0.15, 0.2) is 42.6 Å². The molecule has 2 N–H and O–H groups in total. The summed E-state index contributed by atoms with van der Waals surface area (Å²) in [5.41, 5.74) is -0.363. The average Bonchev–Trinajstić information content (AvgIpc) is 2.87. The Hall–Kier alpha value is -2.91. The molecule has 1 aliphatic carbocycles. The fraction of sp³-hybridized carbons (Fsp3) is 0.188. The van der Waals surface area contributed by atoms with E-state index in [-0.39, 0.29) is 0 Å². The molecule has 1 aliphatic rings. The quantitative estimate of drug-likeness (QED) is 0.873. The van der Waals surface area contributed by atoms with E-state index in [0.717, 1.165) is 0 Å². The lowest BCUT2D eigenvalue weighted by Gasteiger charge is -2.32. The van der Waals surface area contributed by atoms with Crippen LogP contribution in [0.3, 0.4) is 0 Å². The second kappa shape index (κ2) is 4.83. The Labute approximate surface area is 126 Å². The molecule has 6 nitrogen and oxygen atoms in total. The Morgan fingerprint density at radius 2 is 2.23 bits per heavy atom. The zero-order valence-electron chi connectivity index (χ0n) is 11.8. The highest BCUT2D eigenvalue weighted by Gasteiger charge is 2.42. The van der Waals surface area contributed by atoms with Gasteiger partial charge in [0.2, 0.25) is 0 Å². The van der Waals surface area contributed by atoms with Crippen molar-refractivity contribution in [3.8, 4) is 6.07 Å².